The van der Waals surface area contributed by atoms with Crippen LogP contribution >= 0.6 is 0 Å². The fourth-order valence-corrected chi connectivity index (χ4v) is 4.18. The summed E-state index contributed by atoms with van der Waals surface area (Å²) < 4.78 is 35.4. The van der Waals surface area contributed by atoms with E-state index in [1.165, 1.54) is 0 Å². The Bertz CT molecular complexity index is 599. The van der Waals surface area contributed by atoms with Gasteiger partial charge in [0.25, 0.3) is 0 Å². The fourth-order valence-electron chi connectivity index (χ4n) is 2.92. The lowest BCUT2D eigenvalue weighted by Gasteiger charge is -2.37. The summed E-state index contributed by atoms with van der Waals surface area (Å²) in [6.07, 6.45) is 0.582. The van der Waals surface area contributed by atoms with Gasteiger partial charge in [0, 0.05) is 19.0 Å². The molecule has 2 heterocycles. The molecule has 2 fully saturated rings. The first-order valence-corrected chi connectivity index (χ1v) is 9.25. The molecule has 0 unspecified atom stereocenters. The average molecular weight is 381 g/mol. The molecule has 2 rings (SSSR count). The molecule has 2 aliphatic rings. The topological polar surface area (TPSA) is 186 Å². The second-order valence-electron chi connectivity index (χ2n) is 6.82. The Kier molecular flexibility index (Phi) is 6.11. The minimum Gasteiger partial charge on any atom is -0.480 e. The molecule has 0 aliphatic carbocycles. The maximum Gasteiger partial charge on any atom is 0.451 e. The van der Waals surface area contributed by atoms with Crippen molar-refractivity contribution in [2.24, 2.45) is 17.4 Å². The number of carboxylic acids is 1. The molecular weight excluding hydrogens is 357 g/mol. The van der Waals surface area contributed by atoms with Gasteiger partial charge in [-0.2, -0.15) is 12.7 Å². The molecule has 0 saturated carbocycles. The molecular formula is C12H24BN3O8S. The van der Waals surface area contributed by atoms with Gasteiger partial charge in [-0.15, -0.1) is 0 Å². The van der Waals surface area contributed by atoms with Crippen molar-refractivity contribution in [2.75, 3.05) is 32.9 Å². The summed E-state index contributed by atoms with van der Waals surface area (Å²) in [6, 6.07) is 0. The SMILES string of the molecule is NC1(COS(=O)(=O)N2C[C@H](CCCB(O)O)[C@](N)(C(=O)O)C2)COC1. The minimum atomic E-state index is -4.19. The van der Waals surface area contributed by atoms with Crippen LogP contribution in [0, 0.1) is 5.92 Å². The van der Waals surface area contributed by atoms with E-state index < -0.39 is 46.9 Å². The number of nitrogens with two attached hydrogens (primary N) is 2. The first-order valence-electron chi connectivity index (χ1n) is 7.88. The number of hydrogen-bond acceptors (Lipinski definition) is 9. The van der Waals surface area contributed by atoms with E-state index >= 15 is 0 Å². The standard InChI is InChI=1S/C12H24BN3O8S/c14-11(6-23-7-11)8-24-25(21,22)16-4-9(2-1-3-13(19)20)12(15,5-16)10(17)18/h9,19-20H,1-8,14-15H2,(H,17,18)/t9-,12-/m0/s1. The van der Waals surface area contributed by atoms with Gasteiger partial charge >= 0.3 is 23.4 Å². The second-order valence-corrected chi connectivity index (χ2v) is 8.43. The maximum atomic E-state index is 12.3. The normalized spacial score (nSPS) is 29.4. The highest BCUT2D eigenvalue weighted by Crippen LogP contribution is 2.32. The summed E-state index contributed by atoms with van der Waals surface area (Å²) >= 11 is 0. The largest absolute Gasteiger partial charge is 0.480 e. The van der Waals surface area contributed by atoms with Gasteiger partial charge in [-0.3, -0.25) is 8.98 Å². The van der Waals surface area contributed by atoms with Crippen molar-refractivity contribution in [2.45, 2.75) is 30.2 Å². The van der Waals surface area contributed by atoms with Crippen LogP contribution in [0.5, 0.6) is 0 Å². The third-order valence-corrected chi connectivity index (χ3v) is 5.92. The van der Waals surface area contributed by atoms with E-state index in [4.69, 9.17) is 30.4 Å². The zero-order chi connectivity index (χ0) is 18.9. The van der Waals surface area contributed by atoms with Gasteiger partial charge in [-0.25, -0.2) is 0 Å². The summed E-state index contributed by atoms with van der Waals surface area (Å²) in [5.74, 6) is -2.00. The van der Waals surface area contributed by atoms with E-state index in [9.17, 15) is 18.3 Å². The molecule has 0 spiro atoms. The van der Waals surface area contributed by atoms with Crippen LogP contribution < -0.4 is 11.5 Å². The number of aliphatic carboxylic acids is 1. The van der Waals surface area contributed by atoms with E-state index in [1.807, 2.05) is 0 Å². The third kappa shape index (κ3) is 4.68. The lowest BCUT2D eigenvalue weighted by Crippen LogP contribution is -2.61. The Morgan fingerprint density at radius 1 is 1.36 bits per heavy atom. The predicted octanol–water partition coefficient (Wildman–Crippen LogP) is -3.06. The summed E-state index contributed by atoms with van der Waals surface area (Å²) in [7, 11) is -5.70. The minimum absolute atomic E-state index is 0.0468. The Labute approximate surface area is 146 Å². The van der Waals surface area contributed by atoms with Gasteiger partial charge < -0.3 is 31.4 Å². The van der Waals surface area contributed by atoms with Gasteiger partial charge in [0.05, 0.1) is 25.4 Å². The number of hydrogen-bond donors (Lipinski definition) is 5. The molecule has 25 heavy (non-hydrogen) atoms. The Balaban J connectivity index is 2.02. The molecule has 2 aliphatic heterocycles. The zero-order valence-corrected chi connectivity index (χ0v) is 14.5. The fraction of sp³-hybridized carbons (Fsp3) is 0.917. The maximum absolute atomic E-state index is 12.3. The summed E-state index contributed by atoms with van der Waals surface area (Å²) in [5, 5.41) is 27.2. The van der Waals surface area contributed by atoms with Crippen molar-refractivity contribution >= 4 is 23.4 Å². The smallest absolute Gasteiger partial charge is 0.451 e. The highest BCUT2D eigenvalue weighted by Gasteiger charge is 2.53. The molecule has 2 atom stereocenters. The van der Waals surface area contributed by atoms with Crippen LogP contribution in [0.1, 0.15) is 12.8 Å². The van der Waals surface area contributed by atoms with Gasteiger partial charge in [0.1, 0.15) is 5.54 Å². The molecule has 0 aromatic rings. The zero-order valence-electron chi connectivity index (χ0n) is 13.7. The van der Waals surface area contributed by atoms with E-state index in [2.05, 4.69) is 0 Å². The van der Waals surface area contributed by atoms with Crippen LogP contribution in [0.2, 0.25) is 6.32 Å². The summed E-state index contributed by atoms with van der Waals surface area (Å²) in [5.41, 5.74) is 9.14. The molecule has 7 N–H and O–H groups in total. The van der Waals surface area contributed by atoms with Gasteiger partial charge in [0.2, 0.25) is 0 Å². The van der Waals surface area contributed by atoms with Gasteiger partial charge in [-0.1, -0.05) is 6.42 Å². The number of carboxylic acid groups (broad SMARTS) is 1. The monoisotopic (exact) mass is 381 g/mol. The van der Waals surface area contributed by atoms with E-state index in [1.54, 1.807) is 0 Å². The molecule has 13 heteroatoms. The molecule has 0 aromatic heterocycles. The van der Waals surface area contributed by atoms with Crippen LogP contribution in [0.4, 0.5) is 0 Å². The van der Waals surface area contributed by atoms with Crippen LogP contribution in [0.3, 0.4) is 0 Å². The molecule has 0 amide bonds. The van der Waals surface area contributed by atoms with Crippen LogP contribution in [0.15, 0.2) is 0 Å². The Morgan fingerprint density at radius 3 is 2.48 bits per heavy atom. The highest BCUT2D eigenvalue weighted by molar-refractivity contribution is 7.84. The van der Waals surface area contributed by atoms with E-state index in [0.29, 0.717) is 6.42 Å². The second kappa shape index (κ2) is 7.44. The Hall–Kier alpha value is -0.795. The predicted molar refractivity (Wildman–Crippen MR) is 86.5 cm³/mol. The average Bonchev–Trinajstić information content (AvgIpc) is 2.82. The van der Waals surface area contributed by atoms with Crippen molar-refractivity contribution in [3.8, 4) is 0 Å². The van der Waals surface area contributed by atoms with Crippen molar-refractivity contribution in [3.05, 3.63) is 0 Å². The molecule has 2 saturated heterocycles. The highest BCUT2D eigenvalue weighted by atomic mass is 32.2. The number of ether oxygens (including phenoxy) is 1. The third-order valence-electron chi connectivity index (χ3n) is 4.59. The first-order chi connectivity index (χ1) is 11.5. The van der Waals surface area contributed by atoms with Crippen LogP contribution in [-0.4, -0.2) is 85.0 Å². The van der Waals surface area contributed by atoms with Crippen molar-refractivity contribution in [1.29, 1.82) is 0 Å². The van der Waals surface area contributed by atoms with Gasteiger partial charge in [-0.05, 0) is 12.7 Å². The van der Waals surface area contributed by atoms with Crippen molar-refractivity contribution in [1.82, 2.24) is 4.31 Å². The lowest BCUT2D eigenvalue weighted by atomic mass is 9.78. The number of nitrogens with zero attached hydrogens (tertiary/aromatic N) is 1. The number of carbonyl (C=O) groups is 1. The van der Waals surface area contributed by atoms with Gasteiger partial charge in [0.15, 0.2) is 0 Å². The lowest BCUT2D eigenvalue weighted by molar-refractivity contribution is -0.144. The van der Waals surface area contributed by atoms with Crippen molar-refractivity contribution < 1.29 is 37.3 Å². The molecule has 0 bridgehead atoms. The Morgan fingerprint density at radius 2 is 2.00 bits per heavy atom. The quantitative estimate of drug-likeness (QED) is 0.257. The summed E-state index contributed by atoms with van der Waals surface area (Å²) in [4.78, 5) is 11.6. The molecule has 144 valence electrons. The van der Waals surface area contributed by atoms with Crippen molar-refractivity contribution in [3.63, 3.8) is 0 Å². The number of rotatable bonds is 9. The van der Waals surface area contributed by atoms with E-state index in [-0.39, 0.29) is 39.1 Å². The van der Waals surface area contributed by atoms with Crippen LogP contribution in [0.25, 0.3) is 0 Å². The summed E-state index contributed by atoms with van der Waals surface area (Å²) in [6.45, 7) is -0.446. The first kappa shape index (κ1) is 20.5. The molecule has 0 aromatic carbocycles. The van der Waals surface area contributed by atoms with Crippen LogP contribution in [-0.2, 0) is 24.0 Å². The molecule has 0 radical (unpaired) electrons. The molecule has 11 nitrogen and oxygen atoms in total. The van der Waals surface area contributed by atoms with E-state index in [0.717, 1.165) is 4.31 Å².